The lowest BCUT2D eigenvalue weighted by Crippen LogP contribution is -2.50. The molecule has 20 heavy (non-hydrogen) atoms. The van der Waals surface area contributed by atoms with Crippen LogP contribution < -0.4 is 10.2 Å². The molecule has 1 N–H and O–H groups in total. The van der Waals surface area contributed by atoms with E-state index in [1.165, 1.54) is 0 Å². The Labute approximate surface area is 118 Å². The van der Waals surface area contributed by atoms with Crippen LogP contribution in [0.3, 0.4) is 0 Å². The number of amides is 1. The minimum Gasteiger partial charge on any atom is -0.354 e. The maximum Gasteiger partial charge on any atom is 0.234 e. The lowest BCUT2D eigenvalue weighted by atomic mass is 10.3. The number of rotatable bonds is 5. The summed E-state index contributed by atoms with van der Waals surface area (Å²) in [5, 5.41) is 11.1. The van der Waals surface area contributed by atoms with E-state index in [0.29, 0.717) is 19.5 Å². The summed E-state index contributed by atoms with van der Waals surface area (Å²) in [6.45, 7) is 4.06. The SMILES string of the molecule is N#CCCNC(=O)CN1CCN(c2ncccn2)CC1. The van der Waals surface area contributed by atoms with Gasteiger partial charge in [0.05, 0.1) is 19.0 Å². The molecule has 0 atom stereocenters. The first kappa shape index (κ1) is 14.2. The largest absolute Gasteiger partial charge is 0.354 e. The molecule has 2 heterocycles. The molecule has 2 rings (SSSR count). The zero-order chi connectivity index (χ0) is 14.2. The van der Waals surface area contributed by atoms with Crippen molar-refractivity contribution in [3.8, 4) is 6.07 Å². The summed E-state index contributed by atoms with van der Waals surface area (Å²) in [5.74, 6) is 0.718. The Morgan fingerprint density at radius 2 is 2.00 bits per heavy atom. The summed E-state index contributed by atoms with van der Waals surface area (Å²) >= 11 is 0. The maximum atomic E-state index is 11.6. The molecular weight excluding hydrogens is 256 g/mol. The molecular formula is C13H18N6O. The van der Waals surface area contributed by atoms with Crippen molar-refractivity contribution in [2.45, 2.75) is 6.42 Å². The molecule has 1 saturated heterocycles. The number of hydrogen-bond acceptors (Lipinski definition) is 6. The number of piperazine rings is 1. The second-order valence-electron chi connectivity index (χ2n) is 4.57. The average Bonchev–Trinajstić information content (AvgIpc) is 2.49. The fraction of sp³-hybridized carbons (Fsp3) is 0.538. The summed E-state index contributed by atoms with van der Waals surface area (Å²) in [5.41, 5.74) is 0. The fourth-order valence-corrected chi connectivity index (χ4v) is 2.08. The Kier molecular flexibility index (Phi) is 5.26. The van der Waals surface area contributed by atoms with Gasteiger partial charge < -0.3 is 10.2 Å². The quantitative estimate of drug-likeness (QED) is 0.737. The van der Waals surface area contributed by atoms with E-state index in [2.05, 4.69) is 25.1 Å². The molecule has 1 aromatic rings. The Balaban J connectivity index is 1.72. The van der Waals surface area contributed by atoms with Gasteiger partial charge in [-0.2, -0.15) is 5.26 Å². The summed E-state index contributed by atoms with van der Waals surface area (Å²) in [6.07, 6.45) is 3.82. The van der Waals surface area contributed by atoms with Gasteiger partial charge in [0, 0.05) is 45.1 Å². The van der Waals surface area contributed by atoms with Gasteiger partial charge in [-0.15, -0.1) is 0 Å². The van der Waals surface area contributed by atoms with E-state index in [1.807, 2.05) is 6.07 Å². The number of nitrogens with one attached hydrogen (secondary N) is 1. The summed E-state index contributed by atoms with van der Waals surface area (Å²) in [4.78, 5) is 24.3. The van der Waals surface area contributed by atoms with Crippen molar-refractivity contribution in [2.75, 3.05) is 44.2 Å². The zero-order valence-corrected chi connectivity index (χ0v) is 11.3. The molecule has 7 nitrogen and oxygen atoms in total. The Morgan fingerprint density at radius 1 is 1.30 bits per heavy atom. The van der Waals surface area contributed by atoms with Crippen molar-refractivity contribution in [2.24, 2.45) is 0 Å². The first-order valence-electron chi connectivity index (χ1n) is 6.67. The van der Waals surface area contributed by atoms with Gasteiger partial charge in [-0.3, -0.25) is 9.69 Å². The van der Waals surface area contributed by atoms with Crippen molar-refractivity contribution in [3.05, 3.63) is 18.5 Å². The van der Waals surface area contributed by atoms with Gasteiger partial charge in [0.1, 0.15) is 0 Å². The third kappa shape index (κ3) is 4.17. The van der Waals surface area contributed by atoms with Crippen LogP contribution in [0.25, 0.3) is 0 Å². The van der Waals surface area contributed by atoms with E-state index in [9.17, 15) is 4.79 Å². The topological polar surface area (TPSA) is 85.2 Å². The number of anilines is 1. The van der Waals surface area contributed by atoms with Gasteiger partial charge >= 0.3 is 0 Å². The number of carbonyl (C=O) groups is 1. The van der Waals surface area contributed by atoms with Crippen LogP contribution in [0.1, 0.15) is 6.42 Å². The van der Waals surface area contributed by atoms with Gasteiger partial charge in [-0.1, -0.05) is 0 Å². The van der Waals surface area contributed by atoms with Gasteiger partial charge in [0.2, 0.25) is 11.9 Å². The van der Waals surface area contributed by atoms with E-state index in [4.69, 9.17) is 5.26 Å². The second kappa shape index (κ2) is 7.40. The number of nitriles is 1. The van der Waals surface area contributed by atoms with E-state index in [0.717, 1.165) is 32.1 Å². The van der Waals surface area contributed by atoms with Crippen molar-refractivity contribution < 1.29 is 4.79 Å². The van der Waals surface area contributed by atoms with Gasteiger partial charge in [-0.05, 0) is 6.07 Å². The monoisotopic (exact) mass is 274 g/mol. The molecule has 0 aromatic carbocycles. The van der Waals surface area contributed by atoms with Crippen molar-refractivity contribution in [1.29, 1.82) is 5.26 Å². The van der Waals surface area contributed by atoms with E-state index in [-0.39, 0.29) is 5.91 Å². The third-order valence-electron chi connectivity index (χ3n) is 3.13. The Hall–Kier alpha value is -2.20. The van der Waals surface area contributed by atoms with Crippen LogP contribution in [0.4, 0.5) is 5.95 Å². The molecule has 0 spiro atoms. The minimum atomic E-state index is -0.0235. The van der Waals surface area contributed by atoms with Gasteiger partial charge in [-0.25, -0.2) is 9.97 Å². The molecule has 7 heteroatoms. The molecule has 1 aromatic heterocycles. The Morgan fingerprint density at radius 3 is 2.65 bits per heavy atom. The first-order chi connectivity index (χ1) is 9.79. The van der Waals surface area contributed by atoms with Crippen LogP contribution in [-0.2, 0) is 4.79 Å². The molecule has 1 aliphatic heterocycles. The standard InChI is InChI=1S/C13H18N6O/c14-3-1-4-15-12(20)11-18-7-9-19(10-8-18)13-16-5-2-6-17-13/h2,5-6H,1,4,7-11H2,(H,15,20). The zero-order valence-electron chi connectivity index (χ0n) is 11.3. The first-order valence-corrected chi connectivity index (χ1v) is 6.67. The highest BCUT2D eigenvalue weighted by atomic mass is 16.2. The molecule has 0 aliphatic carbocycles. The van der Waals surface area contributed by atoms with Crippen LogP contribution in [0.5, 0.6) is 0 Å². The van der Waals surface area contributed by atoms with Crippen LogP contribution in [0, 0.1) is 11.3 Å². The molecule has 0 radical (unpaired) electrons. The smallest absolute Gasteiger partial charge is 0.234 e. The summed E-state index contributed by atoms with van der Waals surface area (Å²) < 4.78 is 0. The van der Waals surface area contributed by atoms with Crippen LogP contribution in [0.2, 0.25) is 0 Å². The predicted octanol–water partition coefficient (Wildman–Crippen LogP) is -0.372. The molecule has 1 fully saturated rings. The predicted molar refractivity (Wildman–Crippen MR) is 73.9 cm³/mol. The number of nitrogens with zero attached hydrogens (tertiary/aromatic N) is 5. The van der Waals surface area contributed by atoms with Crippen molar-refractivity contribution in [1.82, 2.24) is 20.2 Å². The highest BCUT2D eigenvalue weighted by Gasteiger charge is 2.20. The van der Waals surface area contributed by atoms with E-state index < -0.39 is 0 Å². The molecule has 1 amide bonds. The molecule has 0 saturated carbocycles. The van der Waals surface area contributed by atoms with E-state index in [1.54, 1.807) is 18.5 Å². The lowest BCUT2D eigenvalue weighted by Gasteiger charge is -2.34. The van der Waals surface area contributed by atoms with Gasteiger partial charge in [0.15, 0.2) is 0 Å². The fourth-order valence-electron chi connectivity index (χ4n) is 2.08. The summed E-state index contributed by atoms with van der Waals surface area (Å²) in [7, 11) is 0. The number of hydrogen-bond donors (Lipinski definition) is 1. The highest BCUT2D eigenvalue weighted by Crippen LogP contribution is 2.09. The number of carbonyl (C=O) groups excluding carboxylic acids is 1. The second-order valence-corrected chi connectivity index (χ2v) is 4.57. The lowest BCUT2D eigenvalue weighted by molar-refractivity contribution is -0.122. The van der Waals surface area contributed by atoms with E-state index >= 15 is 0 Å². The van der Waals surface area contributed by atoms with Crippen LogP contribution in [-0.4, -0.2) is 60.0 Å². The number of aromatic nitrogens is 2. The Bertz CT molecular complexity index is 463. The molecule has 0 unspecified atom stereocenters. The normalized spacial score (nSPS) is 15.7. The molecule has 0 bridgehead atoms. The third-order valence-corrected chi connectivity index (χ3v) is 3.13. The minimum absolute atomic E-state index is 0.0235. The molecule has 1 aliphatic rings. The highest BCUT2D eigenvalue weighted by molar-refractivity contribution is 5.78. The average molecular weight is 274 g/mol. The summed E-state index contributed by atoms with van der Waals surface area (Å²) in [6, 6.07) is 3.80. The van der Waals surface area contributed by atoms with Crippen LogP contribution >= 0.6 is 0 Å². The molecule has 106 valence electrons. The van der Waals surface area contributed by atoms with Gasteiger partial charge in [0.25, 0.3) is 0 Å². The van der Waals surface area contributed by atoms with Crippen molar-refractivity contribution in [3.63, 3.8) is 0 Å². The van der Waals surface area contributed by atoms with Crippen LogP contribution in [0.15, 0.2) is 18.5 Å². The maximum absolute atomic E-state index is 11.6. The van der Waals surface area contributed by atoms with Crippen molar-refractivity contribution >= 4 is 11.9 Å².